The first-order valence-corrected chi connectivity index (χ1v) is 7.95. The Morgan fingerprint density at radius 1 is 1.19 bits per heavy atom. The van der Waals surface area contributed by atoms with E-state index in [1.165, 1.54) is 11.8 Å². The maximum absolute atomic E-state index is 10.2. The molecule has 3 rings (SSSR count). The summed E-state index contributed by atoms with van der Waals surface area (Å²) in [5.74, 6) is 0.467. The molecule has 1 aromatic carbocycles. The zero-order valence-corrected chi connectivity index (χ0v) is 13.1. The van der Waals surface area contributed by atoms with E-state index >= 15 is 0 Å². The third-order valence-corrected chi connectivity index (χ3v) is 4.45. The summed E-state index contributed by atoms with van der Waals surface area (Å²) in [6.07, 6.45) is 1.14. The first-order valence-electron chi connectivity index (χ1n) is 6.21. The van der Waals surface area contributed by atoms with Gasteiger partial charge in [0, 0.05) is 11.9 Å². The van der Waals surface area contributed by atoms with Crippen molar-refractivity contribution < 1.29 is 5.11 Å². The highest BCUT2D eigenvalue weighted by Crippen LogP contribution is 2.27. The van der Waals surface area contributed by atoms with E-state index in [9.17, 15) is 5.11 Å². The molecule has 1 N–H and O–H groups in total. The van der Waals surface area contributed by atoms with Gasteiger partial charge >= 0.3 is 0 Å². The summed E-state index contributed by atoms with van der Waals surface area (Å²) in [6.45, 7) is 0. The number of aliphatic hydroxyl groups is 1. The first kappa shape index (κ1) is 14.7. The molecule has 0 fully saturated rings. The minimum absolute atomic E-state index is 0.449. The maximum Gasteiger partial charge on any atom is 0.195 e. The number of fused-ring (bicyclic) bond motifs is 1. The second-order valence-electron chi connectivity index (χ2n) is 4.42. The normalized spacial score (nSPS) is 12.7. The minimum Gasteiger partial charge on any atom is -0.388 e. The highest BCUT2D eigenvalue weighted by atomic mass is 35.5. The van der Waals surface area contributed by atoms with Crippen molar-refractivity contribution in [3.05, 3.63) is 58.2 Å². The second-order valence-corrected chi connectivity index (χ2v) is 6.25. The summed E-state index contributed by atoms with van der Waals surface area (Å²) in [5, 5.41) is 19.9. The van der Waals surface area contributed by atoms with Gasteiger partial charge in [0.15, 0.2) is 10.8 Å². The van der Waals surface area contributed by atoms with Crippen LogP contribution in [0.5, 0.6) is 0 Å². The quantitative estimate of drug-likeness (QED) is 0.733. The molecule has 0 radical (unpaired) electrons. The monoisotopic (exact) mass is 339 g/mol. The van der Waals surface area contributed by atoms with E-state index in [0.717, 1.165) is 5.56 Å². The minimum atomic E-state index is -0.571. The molecule has 0 aliphatic heterocycles. The van der Waals surface area contributed by atoms with E-state index in [1.807, 2.05) is 30.3 Å². The Bertz CT molecular complexity index is 764. The van der Waals surface area contributed by atoms with Crippen LogP contribution in [-0.2, 0) is 0 Å². The molecular weight excluding hydrogens is 329 g/mol. The lowest BCUT2D eigenvalue weighted by Crippen LogP contribution is -2.01. The number of aliphatic hydroxyl groups excluding tert-OH is 1. The molecule has 0 saturated carbocycles. The zero-order valence-electron chi connectivity index (χ0n) is 10.8. The van der Waals surface area contributed by atoms with E-state index in [2.05, 4.69) is 10.2 Å². The fraction of sp³-hybridized carbons (Fsp3) is 0.143. The van der Waals surface area contributed by atoms with Gasteiger partial charge in [-0.1, -0.05) is 65.3 Å². The lowest BCUT2D eigenvalue weighted by atomic mass is 10.1. The van der Waals surface area contributed by atoms with Crippen molar-refractivity contribution in [1.82, 2.24) is 14.6 Å². The molecule has 0 aliphatic rings. The van der Waals surface area contributed by atoms with Gasteiger partial charge in [-0.2, -0.15) is 0 Å². The van der Waals surface area contributed by atoms with E-state index < -0.39 is 6.10 Å². The van der Waals surface area contributed by atoms with E-state index in [-0.39, 0.29) is 0 Å². The van der Waals surface area contributed by atoms with Crippen LogP contribution in [0.3, 0.4) is 0 Å². The molecule has 108 valence electrons. The summed E-state index contributed by atoms with van der Waals surface area (Å²) in [5.41, 5.74) is 1.42. The molecule has 21 heavy (non-hydrogen) atoms. The Kier molecular flexibility index (Phi) is 4.35. The Morgan fingerprint density at radius 3 is 2.71 bits per heavy atom. The average molecular weight is 340 g/mol. The van der Waals surface area contributed by atoms with E-state index in [0.29, 0.717) is 26.6 Å². The first-order chi connectivity index (χ1) is 10.1. The number of pyridine rings is 1. The fourth-order valence-corrected chi connectivity index (χ4v) is 3.31. The van der Waals surface area contributed by atoms with Crippen molar-refractivity contribution in [3.63, 3.8) is 0 Å². The molecular formula is C14H11Cl2N3OS. The molecule has 3 aromatic rings. The van der Waals surface area contributed by atoms with Crippen LogP contribution in [0.25, 0.3) is 5.65 Å². The molecule has 4 nitrogen and oxygen atoms in total. The fourth-order valence-electron chi connectivity index (χ4n) is 1.93. The number of nitrogens with zero attached hydrogens (tertiary/aromatic N) is 3. The van der Waals surface area contributed by atoms with Crippen LogP contribution in [-0.4, -0.2) is 25.5 Å². The Balaban J connectivity index is 1.80. The highest BCUT2D eigenvalue weighted by Gasteiger charge is 2.13. The maximum atomic E-state index is 10.2. The third kappa shape index (κ3) is 3.16. The lowest BCUT2D eigenvalue weighted by Gasteiger charge is -2.09. The summed E-state index contributed by atoms with van der Waals surface area (Å²) < 4.78 is 1.73. The Hall–Kier alpha value is -1.27. The molecule has 0 aliphatic carbocycles. The van der Waals surface area contributed by atoms with Crippen LogP contribution in [0.4, 0.5) is 0 Å². The molecule has 7 heteroatoms. The summed E-state index contributed by atoms with van der Waals surface area (Å²) in [6, 6.07) is 11.1. The van der Waals surface area contributed by atoms with Crippen LogP contribution in [0.2, 0.25) is 10.0 Å². The van der Waals surface area contributed by atoms with Crippen LogP contribution in [0.1, 0.15) is 11.7 Å². The largest absolute Gasteiger partial charge is 0.388 e. The van der Waals surface area contributed by atoms with Gasteiger partial charge in [0.2, 0.25) is 0 Å². The molecule has 0 saturated heterocycles. The van der Waals surface area contributed by atoms with Crippen molar-refractivity contribution >= 4 is 40.6 Å². The van der Waals surface area contributed by atoms with Crippen LogP contribution in [0.15, 0.2) is 47.8 Å². The molecule has 2 aromatic heterocycles. The van der Waals surface area contributed by atoms with E-state index in [4.69, 9.17) is 23.2 Å². The van der Waals surface area contributed by atoms with Crippen molar-refractivity contribution in [2.24, 2.45) is 0 Å². The van der Waals surface area contributed by atoms with Gasteiger partial charge in [-0.25, -0.2) is 0 Å². The number of benzene rings is 1. The molecule has 0 spiro atoms. The van der Waals surface area contributed by atoms with Crippen LogP contribution < -0.4 is 0 Å². The number of aromatic nitrogens is 3. The number of thioether (sulfide) groups is 1. The van der Waals surface area contributed by atoms with Gasteiger partial charge in [0.1, 0.15) is 0 Å². The number of rotatable bonds is 4. The van der Waals surface area contributed by atoms with Crippen LogP contribution >= 0.6 is 35.0 Å². The van der Waals surface area contributed by atoms with Gasteiger partial charge in [0.25, 0.3) is 0 Å². The average Bonchev–Trinajstić information content (AvgIpc) is 2.89. The number of hydrogen-bond donors (Lipinski definition) is 1. The molecule has 2 heterocycles. The van der Waals surface area contributed by atoms with Crippen molar-refractivity contribution in [2.45, 2.75) is 11.3 Å². The Morgan fingerprint density at radius 2 is 1.95 bits per heavy atom. The van der Waals surface area contributed by atoms with E-state index in [1.54, 1.807) is 16.7 Å². The summed E-state index contributed by atoms with van der Waals surface area (Å²) in [4.78, 5) is 0. The second kappa shape index (κ2) is 6.23. The lowest BCUT2D eigenvalue weighted by molar-refractivity contribution is 0.204. The third-order valence-electron chi connectivity index (χ3n) is 2.95. The van der Waals surface area contributed by atoms with Gasteiger partial charge in [-0.15, -0.1) is 10.2 Å². The molecule has 0 amide bonds. The van der Waals surface area contributed by atoms with Gasteiger partial charge in [-0.05, 0) is 11.6 Å². The molecule has 0 bridgehead atoms. The smallest absolute Gasteiger partial charge is 0.195 e. The van der Waals surface area contributed by atoms with Gasteiger partial charge < -0.3 is 5.11 Å². The van der Waals surface area contributed by atoms with Crippen LogP contribution in [0, 0.1) is 0 Å². The Labute approximate surface area is 135 Å². The topological polar surface area (TPSA) is 50.4 Å². The van der Waals surface area contributed by atoms with Gasteiger partial charge in [0.05, 0.1) is 16.1 Å². The summed E-state index contributed by atoms with van der Waals surface area (Å²) in [7, 11) is 0. The number of halogens is 2. The highest BCUT2D eigenvalue weighted by molar-refractivity contribution is 7.99. The summed E-state index contributed by atoms with van der Waals surface area (Å²) >= 11 is 13.5. The SMILES string of the molecule is O[C@H](CSc1nnc2c(Cl)cc(Cl)cn12)c1ccccc1. The molecule has 0 unspecified atom stereocenters. The van der Waals surface area contributed by atoms with Crippen molar-refractivity contribution in [1.29, 1.82) is 0 Å². The van der Waals surface area contributed by atoms with Gasteiger partial charge in [-0.3, -0.25) is 4.40 Å². The number of hydrogen-bond acceptors (Lipinski definition) is 4. The molecule has 1 atom stereocenters. The van der Waals surface area contributed by atoms with Crippen molar-refractivity contribution in [3.8, 4) is 0 Å². The van der Waals surface area contributed by atoms with Crippen molar-refractivity contribution in [2.75, 3.05) is 5.75 Å². The predicted molar refractivity (Wildman–Crippen MR) is 85.1 cm³/mol. The zero-order chi connectivity index (χ0) is 14.8. The standard InChI is InChI=1S/C14H11Cl2N3OS/c15-10-6-11(16)13-17-18-14(19(13)7-10)21-8-12(20)9-4-2-1-3-5-9/h1-7,12,20H,8H2/t12-/m1/s1. The predicted octanol–water partition coefficient (Wildman–Crippen LogP) is 3.86.